The molecular weight excluding hydrogens is 442 g/mol. The number of morpholine rings is 1. The van der Waals surface area contributed by atoms with Crippen LogP contribution in [-0.4, -0.2) is 56.8 Å². The molecular formula is C23H23N5O4S. The third-order valence-corrected chi connectivity index (χ3v) is 6.28. The molecule has 0 saturated carbocycles. The lowest BCUT2D eigenvalue weighted by Gasteiger charge is -2.26. The largest absolute Gasteiger partial charge is 0.378 e. The molecule has 2 heterocycles. The van der Waals surface area contributed by atoms with Crippen molar-refractivity contribution in [2.75, 3.05) is 26.3 Å². The van der Waals surface area contributed by atoms with Crippen LogP contribution in [0.25, 0.3) is 11.4 Å². The van der Waals surface area contributed by atoms with Gasteiger partial charge in [0.2, 0.25) is 0 Å². The number of hydrogen-bond donors (Lipinski definition) is 0. The van der Waals surface area contributed by atoms with E-state index in [1.165, 1.54) is 17.8 Å². The van der Waals surface area contributed by atoms with Gasteiger partial charge in [0, 0.05) is 37.0 Å². The molecule has 10 heteroatoms. The average molecular weight is 466 g/mol. The summed E-state index contributed by atoms with van der Waals surface area (Å²) in [6, 6.07) is 14.0. The maximum absolute atomic E-state index is 12.6. The topological polar surface area (TPSA) is 103 Å². The number of benzene rings is 2. The normalized spacial score (nSPS) is 13.6. The second-order valence-electron chi connectivity index (χ2n) is 7.37. The third-order valence-electron chi connectivity index (χ3n) is 5.24. The molecule has 0 unspecified atom stereocenters. The van der Waals surface area contributed by atoms with Gasteiger partial charge in [-0.1, -0.05) is 42.1 Å². The lowest BCUT2D eigenvalue weighted by atomic mass is 10.1. The number of rotatable bonds is 8. The van der Waals surface area contributed by atoms with Crippen LogP contribution in [0.15, 0.2) is 66.3 Å². The van der Waals surface area contributed by atoms with Crippen LogP contribution >= 0.6 is 11.8 Å². The summed E-state index contributed by atoms with van der Waals surface area (Å²) in [6.07, 6.45) is 1.71. The SMILES string of the molecule is C=CCn1c(SCc2ccc(C(=O)N3CCOCC3)cc2)nnc1-c1ccccc1[N+](=O)[O-]. The first kappa shape index (κ1) is 22.7. The molecule has 1 fully saturated rings. The molecule has 1 aromatic heterocycles. The molecule has 0 bridgehead atoms. The minimum absolute atomic E-state index is 0.0114. The second kappa shape index (κ2) is 10.4. The molecule has 0 atom stereocenters. The Kier molecular flexibility index (Phi) is 7.16. The van der Waals surface area contributed by atoms with Crippen LogP contribution in [0.5, 0.6) is 0 Å². The van der Waals surface area contributed by atoms with Gasteiger partial charge >= 0.3 is 0 Å². The summed E-state index contributed by atoms with van der Waals surface area (Å²) in [5.41, 5.74) is 2.07. The summed E-state index contributed by atoms with van der Waals surface area (Å²) in [5, 5.41) is 20.6. The average Bonchev–Trinajstić information content (AvgIpc) is 3.25. The van der Waals surface area contributed by atoms with Gasteiger partial charge in [-0.05, 0) is 23.8 Å². The van der Waals surface area contributed by atoms with E-state index in [1.807, 2.05) is 28.8 Å². The summed E-state index contributed by atoms with van der Waals surface area (Å²) >= 11 is 1.47. The van der Waals surface area contributed by atoms with E-state index in [0.29, 0.717) is 60.7 Å². The van der Waals surface area contributed by atoms with Crippen molar-refractivity contribution in [1.29, 1.82) is 0 Å². The molecule has 0 spiro atoms. The predicted octanol–water partition coefficient (Wildman–Crippen LogP) is 3.80. The van der Waals surface area contributed by atoms with E-state index in [4.69, 9.17) is 4.74 Å². The van der Waals surface area contributed by atoms with Gasteiger partial charge < -0.3 is 9.64 Å². The van der Waals surface area contributed by atoms with Gasteiger partial charge in [-0.15, -0.1) is 16.8 Å². The van der Waals surface area contributed by atoms with Gasteiger partial charge in [-0.3, -0.25) is 19.5 Å². The number of carbonyl (C=O) groups is 1. The van der Waals surface area contributed by atoms with Crippen molar-refractivity contribution in [1.82, 2.24) is 19.7 Å². The first-order valence-electron chi connectivity index (χ1n) is 10.4. The molecule has 2 aromatic carbocycles. The Labute approximate surface area is 195 Å². The number of ether oxygens (including phenoxy) is 1. The minimum Gasteiger partial charge on any atom is -0.378 e. The second-order valence-corrected chi connectivity index (χ2v) is 8.31. The molecule has 1 aliphatic heterocycles. The van der Waals surface area contributed by atoms with E-state index in [2.05, 4.69) is 16.8 Å². The van der Waals surface area contributed by atoms with Gasteiger partial charge in [0.15, 0.2) is 11.0 Å². The van der Waals surface area contributed by atoms with Crippen LogP contribution in [-0.2, 0) is 17.0 Å². The highest BCUT2D eigenvalue weighted by molar-refractivity contribution is 7.98. The number of nitro benzene ring substituents is 1. The Morgan fingerprint density at radius 2 is 1.88 bits per heavy atom. The van der Waals surface area contributed by atoms with Gasteiger partial charge in [0.25, 0.3) is 11.6 Å². The maximum atomic E-state index is 12.6. The van der Waals surface area contributed by atoms with Crippen LogP contribution in [0.2, 0.25) is 0 Å². The highest BCUT2D eigenvalue weighted by Crippen LogP contribution is 2.31. The van der Waals surface area contributed by atoms with Gasteiger partial charge in [-0.25, -0.2) is 0 Å². The molecule has 0 N–H and O–H groups in total. The van der Waals surface area contributed by atoms with Crippen LogP contribution in [0.1, 0.15) is 15.9 Å². The fourth-order valence-corrected chi connectivity index (χ4v) is 4.45. The van der Waals surface area contributed by atoms with Crippen molar-refractivity contribution < 1.29 is 14.5 Å². The fraction of sp³-hybridized carbons (Fsp3) is 0.261. The number of aromatic nitrogens is 3. The molecule has 3 aromatic rings. The fourth-order valence-electron chi connectivity index (χ4n) is 3.55. The van der Waals surface area contributed by atoms with Gasteiger partial charge in [0.05, 0.1) is 23.7 Å². The molecule has 4 rings (SSSR count). The first-order chi connectivity index (χ1) is 16.1. The van der Waals surface area contributed by atoms with Crippen LogP contribution < -0.4 is 0 Å². The highest BCUT2D eigenvalue weighted by Gasteiger charge is 2.22. The van der Waals surface area contributed by atoms with Crippen molar-refractivity contribution in [2.24, 2.45) is 0 Å². The van der Waals surface area contributed by atoms with Crippen LogP contribution in [0.3, 0.4) is 0 Å². The smallest absolute Gasteiger partial charge is 0.280 e. The standard InChI is InChI=1S/C23H23N5O4S/c1-2-11-27-21(19-5-3-4-6-20(19)28(30)31)24-25-23(27)33-16-17-7-9-18(10-8-17)22(29)26-12-14-32-15-13-26/h2-10H,1,11-16H2. The summed E-state index contributed by atoms with van der Waals surface area (Å²) < 4.78 is 7.12. The van der Waals surface area contributed by atoms with Gasteiger partial charge in [-0.2, -0.15) is 0 Å². The van der Waals surface area contributed by atoms with E-state index >= 15 is 0 Å². The monoisotopic (exact) mass is 465 g/mol. The molecule has 170 valence electrons. The summed E-state index contributed by atoms with van der Waals surface area (Å²) in [7, 11) is 0. The minimum atomic E-state index is -0.422. The zero-order valence-corrected chi connectivity index (χ0v) is 18.7. The number of para-hydroxylation sites is 1. The number of allylic oxidation sites excluding steroid dienone is 1. The van der Waals surface area contributed by atoms with E-state index in [9.17, 15) is 14.9 Å². The number of nitrogens with zero attached hydrogens (tertiary/aromatic N) is 5. The van der Waals surface area contributed by atoms with Crippen LogP contribution in [0, 0.1) is 10.1 Å². The Morgan fingerprint density at radius 1 is 1.15 bits per heavy atom. The highest BCUT2D eigenvalue weighted by atomic mass is 32.2. The van der Waals surface area contributed by atoms with Crippen molar-refractivity contribution >= 4 is 23.4 Å². The Bertz CT molecular complexity index is 1160. The van der Waals surface area contributed by atoms with E-state index < -0.39 is 4.92 Å². The quantitative estimate of drug-likeness (QED) is 0.216. The van der Waals surface area contributed by atoms with Crippen molar-refractivity contribution in [2.45, 2.75) is 17.5 Å². The summed E-state index contributed by atoms with van der Waals surface area (Å²) in [6.45, 7) is 6.56. The molecule has 1 amide bonds. The van der Waals surface area contributed by atoms with E-state index in [0.717, 1.165) is 5.56 Å². The Hall–Kier alpha value is -3.50. The van der Waals surface area contributed by atoms with Gasteiger partial charge in [0.1, 0.15) is 0 Å². The van der Waals surface area contributed by atoms with Crippen molar-refractivity contribution in [3.8, 4) is 11.4 Å². The summed E-state index contributed by atoms with van der Waals surface area (Å²) in [4.78, 5) is 25.4. The lowest BCUT2D eigenvalue weighted by molar-refractivity contribution is -0.384. The van der Waals surface area contributed by atoms with E-state index in [-0.39, 0.29) is 11.6 Å². The number of carbonyl (C=O) groups excluding carboxylic acids is 1. The molecule has 9 nitrogen and oxygen atoms in total. The third kappa shape index (κ3) is 5.12. The molecule has 33 heavy (non-hydrogen) atoms. The lowest BCUT2D eigenvalue weighted by Crippen LogP contribution is -2.40. The summed E-state index contributed by atoms with van der Waals surface area (Å²) in [5.74, 6) is 1.05. The number of hydrogen-bond acceptors (Lipinski definition) is 7. The number of nitro groups is 1. The maximum Gasteiger partial charge on any atom is 0.280 e. The number of amides is 1. The number of thioether (sulfide) groups is 1. The first-order valence-corrected chi connectivity index (χ1v) is 11.4. The molecule has 0 aliphatic carbocycles. The van der Waals surface area contributed by atoms with Crippen molar-refractivity contribution in [3.63, 3.8) is 0 Å². The van der Waals surface area contributed by atoms with Crippen LogP contribution in [0.4, 0.5) is 5.69 Å². The Balaban J connectivity index is 1.49. The predicted molar refractivity (Wildman–Crippen MR) is 125 cm³/mol. The zero-order valence-electron chi connectivity index (χ0n) is 17.9. The Morgan fingerprint density at radius 3 is 2.58 bits per heavy atom. The molecule has 0 radical (unpaired) electrons. The van der Waals surface area contributed by atoms with E-state index in [1.54, 1.807) is 29.2 Å². The zero-order chi connectivity index (χ0) is 23.2. The molecule has 1 aliphatic rings. The molecule has 1 saturated heterocycles. The van der Waals surface area contributed by atoms with Crippen molar-refractivity contribution in [3.05, 3.63) is 82.4 Å².